The van der Waals surface area contributed by atoms with Crippen molar-refractivity contribution in [1.82, 2.24) is 20.3 Å². The van der Waals surface area contributed by atoms with Crippen molar-refractivity contribution >= 4 is 10.9 Å². The molecular formula is C14H20N4O. The molecule has 0 bridgehead atoms. The standard InChI is InChI=1S/C14H20N4O/c1-3-8-15-9-11(2)10-18-14(19)12-6-4-5-7-13(12)16-17-18/h4-7,11,15H,3,8-10H2,1-2H3. The van der Waals surface area contributed by atoms with Crippen molar-refractivity contribution in [2.45, 2.75) is 26.8 Å². The number of rotatable bonds is 6. The van der Waals surface area contributed by atoms with Crippen LogP contribution >= 0.6 is 0 Å². The Hall–Kier alpha value is -1.75. The van der Waals surface area contributed by atoms with Gasteiger partial charge in [0.1, 0.15) is 5.52 Å². The molecule has 5 heteroatoms. The van der Waals surface area contributed by atoms with E-state index in [1.807, 2.05) is 12.1 Å². The summed E-state index contributed by atoms with van der Waals surface area (Å²) >= 11 is 0. The fourth-order valence-electron chi connectivity index (χ4n) is 2.03. The lowest BCUT2D eigenvalue weighted by Gasteiger charge is -2.12. The van der Waals surface area contributed by atoms with E-state index in [1.165, 1.54) is 4.68 Å². The molecule has 0 fully saturated rings. The molecule has 1 unspecified atom stereocenters. The van der Waals surface area contributed by atoms with Crippen LogP contribution < -0.4 is 10.9 Å². The van der Waals surface area contributed by atoms with E-state index < -0.39 is 0 Å². The minimum Gasteiger partial charge on any atom is -0.316 e. The van der Waals surface area contributed by atoms with Gasteiger partial charge in [-0.25, -0.2) is 4.68 Å². The normalized spacial score (nSPS) is 12.7. The molecule has 19 heavy (non-hydrogen) atoms. The van der Waals surface area contributed by atoms with Gasteiger partial charge in [-0.05, 0) is 37.6 Å². The summed E-state index contributed by atoms with van der Waals surface area (Å²) in [5.41, 5.74) is 0.591. The first-order valence-electron chi connectivity index (χ1n) is 6.75. The van der Waals surface area contributed by atoms with E-state index in [4.69, 9.17) is 0 Å². The molecule has 0 radical (unpaired) electrons. The Balaban J connectivity index is 2.13. The average molecular weight is 260 g/mol. The largest absolute Gasteiger partial charge is 0.316 e. The van der Waals surface area contributed by atoms with Gasteiger partial charge >= 0.3 is 0 Å². The minimum absolute atomic E-state index is 0.0621. The molecule has 0 amide bonds. The number of fused-ring (bicyclic) bond motifs is 1. The summed E-state index contributed by atoms with van der Waals surface area (Å²) in [6, 6.07) is 7.31. The Labute approximate surface area is 112 Å². The highest BCUT2D eigenvalue weighted by Gasteiger charge is 2.08. The SMILES string of the molecule is CCCNCC(C)Cn1nnc2ccccc2c1=O. The molecule has 1 heterocycles. The summed E-state index contributed by atoms with van der Waals surface area (Å²) in [6.07, 6.45) is 1.11. The van der Waals surface area contributed by atoms with Gasteiger partial charge < -0.3 is 5.32 Å². The van der Waals surface area contributed by atoms with Gasteiger partial charge in [-0.15, -0.1) is 5.10 Å². The van der Waals surface area contributed by atoms with Gasteiger partial charge in [0.25, 0.3) is 5.56 Å². The average Bonchev–Trinajstić information content (AvgIpc) is 2.43. The van der Waals surface area contributed by atoms with E-state index in [0.717, 1.165) is 19.5 Å². The molecule has 5 nitrogen and oxygen atoms in total. The van der Waals surface area contributed by atoms with Crippen molar-refractivity contribution in [3.05, 3.63) is 34.6 Å². The maximum atomic E-state index is 12.2. The van der Waals surface area contributed by atoms with Gasteiger partial charge in [0.2, 0.25) is 0 Å². The first-order chi connectivity index (χ1) is 9.22. The van der Waals surface area contributed by atoms with E-state index in [2.05, 4.69) is 29.5 Å². The number of hydrogen-bond donors (Lipinski definition) is 1. The van der Waals surface area contributed by atoms with Crippen molar-refractivity contribution < 1.29 is 0 Å². The highest BCUT2D eigenvalue weighted by molar-refractivity contribution is 5.76. The lowest BCUT2D eigenvalue weighted by atomic mass is 10.2. The van der Waals surface area contributed by atoms with E-state index in [-0.39, 0.29) is 5.56 Å². The fraction of sp³-hybridized carbons (Fsp3) is 0.500. The molecule has 0 aliphatic carbocycles. The van der Waals surface area contributed by atoms with E-state index in [0.29, 0.717) is 23.4 Å². The molecule has 102 valence electrons. The molecule has 0 saturated carbocycles. The van der Waals surface area contributed by atoms with Gasteiger partial charge in [0, 0.05) is 0 Å². The summed E-state index contributed by atoms with van der Waals surface area (Å²) in [5, 5.41) is 12.1. The van der Waals surface area contributed by atoms with Crippen LogP contribution in [-0.4, -0.2) is 28.1 Å². The number of nitrogens with zero attached hydrogens (tertiary/aromatic N) is 3. The zero-order chi connectivity index (χ0) is 13.7. The Morgan fingerprint density at radius 3 is 2.95 bits per heavy atom. The summed E-state index contributed by atoms with van der Waals surface area (Å²) in [6.45, 7) is 6.72. The number of nitrogens with one attached hydrogen (secondary N) is 1. The Morgan fingerprint density at radius 1 is 1.37 bits per heavy atom. The third kappa shape index (κ3) is 3.38. The van der Waals surface area contributed by atoms with Crippen molar-refractivity contribution in [2.24, 2.45) is 5.92 Å². The van der Waals surface area contributed by atoms with Crippen LogP contribution in [0.3, 0.4) is 0 Å². The number of aromatic nitrogens is 3. The summed E-state index contributed by atoms with van der Waals surface area (Å²) in [5.74, 6) is 0.347. The van der Waals surface area contributed by atoms with Gasteiger partial charge in [-0.2, -0.15) is 0 Å². The first kappa shape index (κ1) is 13.7. The smallest absolute Gasteiger partial charge is 0.277 e. The molecule has 1 atom stereocenters. The van der Waals surface area contributed by atoms with Gasteiger partial charge in [0.05, 0.1) is 11.9 Å². The molecule has 0 spiro atoms. The summed E-state index contributed by atoms with van der Waals surface area (Å²) < 4.78 is 1.46. The van der Waals surface area contributed by atoms with Crippen molar-refractivity contribution in [3.8, 4) is 0 Å². The van der Waals surface area contributed by atoms with Gasteiger partial charge in [0.15, 0.2) is 0 Å². The number of hydrogen-bond acceptors (Lipinski definition) is 4. The van der Waals surface area contributed by atoms with Crippen molar-refractivity contribution in [3.63, 3.8) is 0 Å². The Morgan fingerprint density at radius 2 is 2.16 bits per heavy atom. The molecule has 1 N–H and O–H groups in total. The number of benzene rings is 1. The predicted octanol–water partition coefficient (Wildman–Crippen LogP) is 1.43. The van der Waals surface area contributed by atoms with Crippen LogP contribution in [0, 0.1) is 5.92 Å². The molecule has 1 aromatic heterocycles. The zero-order valence-electron chi connectivity index (χ0n) is 11.5. The quantitative estimate of drug-likeness (QED) is 0.798. The Bertz CT molecular complexity index is 593. The lowest BCUT2D eigenvalue weighted by molar-refractivity contribution is 0.402. The first-order valence-corrected chi connectivity index (χ1v) is 6.75. The van der Waals surface area contributed by atoms with Crippen LogP contribution in [-0.2, 0) is 6.54 Å². The van der Waals surface area contributed by atoms with Crippen molar-refractivity contribution in [1.29, 1.82) is 0 Å². The predicted molar refractivity (Wildman–Crippen MR) is 76.1 cm³/mol. The lowest BCUT2D eigenvalue weighted by Crippen LogP contribution is -2.31. The highest BCUT2D eigenvalue weighted by atomic mass is 16.1. The molecule has 2 aromatic rings. The molecule has 0 aliphatic rings. The highest BCUT2D eigenvalue weighted by Crippen LogP contribution is 2.04. The van der Waals surface area contributed by atoms with E-state index >= 15 is 0 Å². The topological polar surface area (TPSA) is 59.8 Å². The van der Waals surface area contributed by atoms with Crippen LogP contribution in [0.15, 0.2) is 29.1 Å². The Kier molecular flexibility index (Phi) is 4.63. The maximum Gasteiger partial charge on any atom is 0.277 e. The third-order valence-corrected chi connectivity index (χ3v) is 3.03. The fourth-order valence-corrected chi connectivity index (χ4v) is 2.03. The zero-order valence-corrected chi connectivity index (χ0v) is 11.5. The van der Waals surface area contributed by atoms with E-state index in [9.17, 15) is 4.79 Å². The second-order valence-corrected chi connectivity index (χ2v) is 4.90. The molecular weight excluding hydrogens is 240 g/mol. The molecule has 0 saturated heterocycles. The van der Waals surface area contributed by atoms with E-state index in [1.54, 1.807) is 12.1 Å². The van der Waals surface area contributed by atoms with Crippen LogP contribution in [0.5, 0.6) is 0 Å². The minimum atomic E-state index is -0.0621. The second-order valence-electron chi connectivity index (χ2n) is 4.90. The van der Waals surface area contributed by atoms with Crippen LogP contribution in [0.25, 0.3) is 10.9 Å². The summed E-state index contributed by atoms with van der Waals surface area (Å²) in [4.78, 5) is 12.2. The second kappa shape index (κ2) is 6.43. The van der Waals surface area contributed by atoms with Crippen LogP contribution in [0.2, 0.25) is 0 Å². The molecule has 2 rings (SSSR count). The van der Waals surface area contributed by atoms with Gasteiger partial charge in [-0.1, -0.05) is 31.2 Å². The molecule has 1 aromatic carbocycles. The maximum absolute atomic E-state index is 12.2. The van der Waals surface area contributed by atoms with Crippen LogP contribution in [0.1, 0.15) is 20.3 Å². The van der Waals surface area contributed by atoms with Crippen LogP contribution in [0.4, 0.5) is 0 Å². The third-order valence-electron chi connectivity index (χ3n) is 3.03. The monoisotopic (exact) mass is 260 g/mol. The summed E-state index contributed by atoms with van der Waals surface area (Å²) in [7, 11) is 0. The van der Waals surface area contributed by atoms with Crippen molar-refractivity contribution in [2.75, 3.05) is 13.1 Å². The van der Waals surface area contributed by atoms with Gasteiger partial charge in [-0.3, -0.25) is 4.79 Å². The molecule has 0 aliphatic heterocycles.